The van der Waals surface area contributed by atoms with Crippen LogP contribution in [0.2, 0.25) is 0 Å². The molecule has 0 amide bonds. The Balaban J connectivity index is 2.95. The van der Waals surface area contributed by atoms with Gasteiger partial charge in [-0.3, -0.25) is 4.79 Å². The second-order valence-electron chi connectivity index (χ2n) is 3.25. The maximum absolute atomic E-state index is 11.1. The van der Waals surface area contributed by atoms with Gasteiger partial charge in [0.05, 0.1) is 17.1 Å². The van der Waals surface area contributed by atoms with Gasteiger partial charge in [-0.15, -0.1) is 11.6 Å². The molecule has 0 spiro atoms. The highest BCUT2D eigenvalue weighted by molar-refractivity contribution is 6.18. The van der Waals surface area contributed by atoms with Crippen molar-refractivity contribution in [1.29, 1.82) is 0 Å². The van der Waals surface area contributed by atoms with E-state index < -0.39 is 6.09 Å². The zero-order chi connectivity index (χ0) is 11.7. The number of nitrogens with zero attached hydrogens (tertiary/aromatic N) is 1. The third-order valence-electron chi connectivity index (χ3n) is 2.45. The van der Waals surface area contributed by atoms with E-state index in [4.69, 9.17) is 16.7 Å². The molecule has 0 aliphatic rings. The van der Waals surface area contributed by atoms with Crippen molar-refractivity contribution in [1.82, 2.24) is 4.57 Å². The highest BCUT2D eigenvalue weighted by atomic mass is 35.5. The van der Waals surface area contributed by atoms with Crippen LogP contribution in [0.15, 0.2) is 24.3 Å². The van der Waals surface area contributed by atoms with Crippen LogP contribution in [0.25, 0.3) is 10.9 Å². The number of carboxylic acid groups (broad SMARTS) is 1. The SMILES string of the molecule is O=Cc1c(CCl)n(C(=O)O)c2ccccc12. The van der Waals surface area contributed by atoms with Crippen molar-refractivity contribution < 1.29 is 14.7 Å². The van der Waals surface area contributed by atoms with E-state index in [-0.39, 0.29) is 5.88 Å². The molecule has 82 valence electrons. The molecule has 0 saturated carbocycles. The van der Waals surface area contributed by atoms with E-state index in [9.17, 15) is 9.59 Å². The lowest BCUT2D eigenvalue weighted by atomic mass is 10.1. The molecule has 0 aliphatic heterocycles. The Morgan fingerprint density at radius 1 is 1.44 bits per heavy atom. The first-order chi connectivity index (χ1) is 7.70. The number of rotatable bonds is 2. The summed E-state index contributed by atoms with van der Waals surface area (Å²) in [4.78, 5) is 22.1. The number of fused-ring (bicyclic) bond motifs is 1. The quantitative estimate of drug-likeness (QED) is 0.645. The van der Waals surface area contributed by atoms with Crippen molar-refractivity contribution in [3.8, 4) is 0 Å². The molecule has 4 nitrogen and oxygen atoms in total. The number of hydrogen-bond donors (Lipinski definition) is 1. The van der Waals surface area contributed by atoms with Gasteiger partial charge in [0.2, 0.25) is 0 Å². The lowest BCUT2D eigenvalue weighted by Crippen LogP contribution is -2.11. The molecule has 0 unspecified atom stereocenters. The average Bonchev–Trinajstić information content (AvgIpc) is 2.62. The summed E-state index contributed by atoms with van der Waals surface area (Å²) < 4.78 is 1.05. The standard InChI is InChI=1S/C11H8ClNO3/c12-5-10-8(6-14)7-3-1-2-4-9(7)13(10)11(15)16/h1-4,6H,5H2,(H,15,16). The molecule has 1 heterocycles. The van der Waals surface area contributed by atoms with Gasteiger partial charge in [-0.05, 0) is 6.07 Å². The van der Waals surface area contributed by atoms with Gasteiger partial charge in [0.1, 0.15) is 0 Å². The lowest BCUT2D eigenvalue weighted by Gasteiger charge is -2.01. The summed E-state index contributed by atoms with van der Waals surface area (Å²) in [5.41, 5.74) is 1.13. The third-order valence-corrected chi connectivity index (χ3v) is 2.70. The summed E-state index contributed by atoms with van der Waals surface area (Å²) in [7, 11) is 0. The Bertz CT molecular complexity index is 574. The monoisotopic (exact) mass is 237 g/mol. The van der Waals surface area contributed by atoms with E-state index in [0.29, 0.717) is 28.4 Å². The van der Waals surface area contributed by atoms with Crippen LogP contribution < -0.4 is 0 Å². The molecule has 0 fully saturated rings. The van der Waals surface area contributed by atoms with Crippen LogP contribution in [0.3, 0.4) is 0 Å². The van der Waals surface area contributed by atoms with Crippen molar-refractivity contribution in [2.45, 2.75) is 5.88 Å². The van der Waals surface area contributed by atoms with Crippen molar-refractivity contribution in [3.63, 3.8) is 0 Å². The largest absolute Gasteiger partial charge is 0.464 e. The molecule has 0 radical (unpaired) electrons. The number of aldehydes is 1. The van der Waals surface area contributed by atoms with E-state index in [2.05, 4.69) is 0 Å². The number of aromatic nitrogens is 1. The maximum atomic E-state index is 11.1. The summed E-state index contributed by atoms with van der Waals surface area (Å²) in [5, 5.41) is 9.70. The fourth-order valence-corrected chi connectivity index (χ4v) is 2.06. The summed E-state index contributed by atoms with van der Waals surface area (Å²) >= 11 is 5.69. The molecule has 1 aromatic carbocycles. The molecule has 0 aliphatic carbocycles. The van der Waals surface area contributed by atoms with Gasteiger partial charge in [-0.1, -0.05) is 18.2 Å². The van der Waals surface area contributed by atoms with Crippen molar-refractivity contribution in [3.05, 3.63) is 35.5 Å². The minimum atomic E-state index is -1.14. The Kier molecular flexibility index (Phi) is 2.66. The molecule has 1 aromatic heterocycles. The van der Waals surface area contributed by atoms with Gasteiger partial charge in [0, 0.05) is 10.9 Å². The van der Waals surface area contributed by atoms with Crippen LogP contribution in [0.5, 0.6) is 0 Å². The first-order valence-electron chi connectivity index (χ1n) is 4.57. The van der Waals surface area contributed by atoms with Gasteiger partial charge in [-0.2, -0.15) is 0 Å². The number of benzene rings is 1. The van der Waals surface area contributed by atoms with E-state index in [1.54, 1.807) is 24.3 Å². The van der Waals surface area contributed by atoms with Crippen LogP contribution in [-0.2, 0) is 5.88 Å². The van der Waals surface area contributed by atoms with Gasteiger partial charge < -0.3 is 5.11 Å². The second-order valence-corrected chi connectivity index (χ2v) is 3.51. The number of carbonyl (C=O) groups excluding carboxylic acids is 1. The Morgan fingerprint density at radius 2 is 2.12 bits per heavy atom. The van der Waals surface area contributed by atoms with E-state index >= 15 is 0 Å². The number of halogens is 1. The molecular formula is C11H8ClNO3. The van der Waals surface area contributed by atoms with E-state index in [1.165, 1.54) is 0 Å². The first-order valence-corrected chi connectivity index (χ1v) is 5.11. The molecule has 0 saturated heterocycles. The zero-order valence-corrected chi connectivity index (χ0v) is 8.94. The third kappa shape index (κ3) is 1.39. The van der Waals surface area contributed by atoms with Gasteiger partial charge in [0.25, 0.3) is 0 Å². The van der Waals surface area contributed by atoms with Crippen LogP contribution in [-0.4, -0.2) is 22.1 Å². The number of carbonyl (C=O) groups is 2. The van der Waals surface area contributed by atoms with Crippen molar-refractivity contribution in [2.24, 2.45) is 0 Å². The Labute approximate surface area is 96.0 Å². The number of hydrogen-bond acceptors (Lipinski definition) is 2. The minimum Gasteiger partial charge on any atom is -0.464 e. The topological polar surface area (TPSA) is 59.3 Å². The summed E-state index contributed by atoms with van der Waals surface area (Å²) in [6, 6.07) is 6.81. The molecule has 2 rings (SSSR count). The summed E-state index contributed by atoms with van der Waals surface area (Å²) in [6.45, 7) is 0. The lowest BCUT2D eigenvalue weighted by molar-refractivity contribution is 0.112. The van der Waals surface area contributed by atoms with Crippen molar-refractivity contribution in [2.75, 3.05) is 0 Å². The Morgan fingerprint density at radius 3 is 2.69 bits per heavy atom. The van der Waals surface area contributed by atoms with Crippen LogP contribution in [0.1, 0.15) is 16.1 Å². The van der Waals surface area contributed by atoms with Crippen molar-refractivity contribution >= 4 is 34.9 Å². The fourth-order valence-electron chi connectivity index (χ4n) is 1.80. The molecule has 5 heteroatoms. The number of alkyl halides is 1. The first kappa shape index (κ1) is 10.7. The van der Waals surface area contributed by atoms with Crippen LogP contribution in [0.4, 0.5) is 4.79 Å². The van der Waals surface area contributed by atoms with Crippen LogP contribution in [0, 0.1) is 0 Å². The normalized spacial score (nSPS) is 10.6. The summed E-state index contributed by atoms with van der Waals surface area (Å²) in [6.07, 6.45) is -0.501. The van der Waals surface area contributed by atoms with E-state index in [0.717, 1.165) is 4.57 Å². The maximum Gasteiger partial charge on any atom is 0.416 e. The Hall–Kier alpha value is -1.81. The molecule has 0 atom stereocenters. The molecule has 2 aromatic rings. The van der Waals surface area contributed by atoms with Gasteiger partial charge in [-0.25, -0.2) is 9.36 Å². The molecule has 16 heavy (non-hydrogen) atoms. The summed E-state index contributed by atoms with van der Waals surface area (Å²) in [5.74, 6) is -0.0188. The van der Waals surface area contributed by atoms with Gasteiger partial charge >= 0.3 is 6.09 Å². The zero-order valence-electron chi connectivity index (χ0n) is 8.18. The molecular weight excluding hydrogens is 230 g/mol. The number of para-hydroxylation sites is 1. The highest BCUT2D eigenvalue weighted by Crippen LogP contribution is 2.25. The highest BCUT2D eigenvalue weighted by Gasteiger charge is 2.19. The predicted octanol–water partition coefficient (Wildman–Crippen LogP) is 2.72. The van der Waals surface area contributed by atoms with Gasteiger partial charge in [0.15, 0.2) is 6.29 Å². The average molecular weight is 238 g/mol. The second kappa shape index (κ2) is 3.98. The minimum absolute atomic E-state index is 0.0188. The molecule has 0 bridgehead atoms. The molecule has 1 N–H and O–H groups in total. The predicted molar refractivity (Wildman–Crippen MR) is 60.3 cm³/mol. The fraction of sp³-hybridized carbons (Fsp3) is 0.0909. The van der Waals surface area contributed by atoms with Crippen LogP contribution >= 0.6 is 11.6 Å². The smallest absolute Gasteiger partial charge is 0.416 e. The van der Waals surface area contributed by atoms with E-state index in [1.807, 2.05) is 0 Å².